The number of aliphatic carboxylic acids is 1. The van der Waals surface area contributed by atoms with Gasteiger partial charge in [0, 0.05) is 6.42 Å². The van der Waals surface area contributed by atoms with E-state index in [2.05, 4.69) is 23.3 Å². The summed E-state index contributed by atoms with van der Waals surface area (Å²) in [6.45, 7) is 0. The summed E-state index contributed by atoms with van der Waals surface area (Å²) in [5.74, 6) is -2.15. The van der Waals surface area contributed by atoms with Crippen LogP contribution in [0.15, 0.2) is 78.9 Å². The molecule has 6 nitrogen and oxygen atoms in total. The summed E-state index contributed by atoms with van der Waals surface area (Å²) in [6, 6.07) is 19.7. The number of carboxylic acids is 1. The molecule has 0 radical (unpaired) electrons. The Balaban J connectivity index is 1.41. The van der Waals surface area contributed by atoms with E-state index >= 15 is 0 Å². The van der Waals surface area contributed by atoms with Crippen molar-refractivity contribution in [2.75, 3.05) is 0 Å². The third-order valence-electron chi connectivity index (χ3n) is 7.37. The highest BCUT2D eigenvalue weighted by atomic mass is 32.1. The second kappa shape index (κ2) is 12.8. The lowest BCUT2D eigenvalue weighted by Crippen LogP contribution is -2.61. The Morgan fingerprint density at radius 2 is 1.37 bits per heavy atom. The SMILES string of the molecule is O=C(NC1(C(=O)NC(Cc2ccc(-c3ccc(C(F)(F)F)cc3)cc2)C(=O)O)CCCC1)C(S)Cc1ccccc1. The van der Waals surface area contributed by atoms with E-state index in [0.29, 0.717) is 48.8 Å². The molecule has 0 saturated heterocycles. The number of carbonyl (C=O) groups excluding carboxylic acids is 2. The van der Waals surface area contributed by atoms with Crippen LogP contribution in [0.1, 0.15) is 42.4 Å². The lowest BCUT2D eigenvalue weighted by Gasteiger charge is -2.31. The zero-order valence-corrected chi connectivity index (χ0v) is 23.1. The fourth-order valence-electron chi connectivity index (χ4n) is 5.05. The maximum Gasteiger partial charge on any atom is 0.416 e. The smallest absolute Gasteiger partial charge is 0.416 e. The number of carboxylic acid groups (broad SMARTS) is 1. The van der Waals surface area contributed by atoms with Gasteiger partial charge in [-0.3, -0.25) is 9.59 Å². The van der Waals surface area contributed by atoms with Crippen LogP contribution in [0.4, 0.5) is 13.2 Å². The molecule has 216 valence electrons. The quantitative estimate of drug-likeness (QED) is 0.238. The molecule has 1 saturated carbocycles. The predicted molar refractivity (Wildman–Crippen MR) is 152 cm³/mol. The Labute approximate surface area is 241 Å². The molecular weight excluding hydrogens is 553 g/mol. The van der Waals surface area contributed by atoms with Gasteiger partial charge in [0.2, 0.25) is 11.8 Å². The maximum absolute atomic E-state index is 13.4. The van der Waals surface area contributed by atoms with Crippen molar-refractivity contribution in [3.8, 4) is 11.1 Å². The van der Waals surface area contributed by atoms with Crippen molar-refractivity contribution in [1.29, 1.82) is 0 Å². The van der Waals surface area contributed by atoms with Gasteiger partial charge in [0.15, 0.2) is 0 Å². The van der Waals surface area contributed by atoms with E-state index in [1.165, 1.54) is 12.1 Å². The van der Waals surface area contributed by atoms with Crippen molar-refractivity contribution in [3.63, 3.8) is 0 Å². The molecule has 3 N–H and O–H groups in total. The second-order valence-corrected chi connectivity index (χ2v) is 10.9. The first kappa shape index (κ1) is 30.2. The monoisotopic (exact) mass is 584 g/mol. The maximum atomic E-state index is 13.4. The van der Waals surface area contributed by atoms with Crippen LogP contribution in [-0.4, -0.2) is 39.7 Å². The first-order chi connectivity index (χ1) is 19.5. The van der Waals surface area contributed by atoms with Gasteiger partial charge in [-0.1, -0.05) is 79.6 Å². The fraction of sp³-hybridized carbons (Fsp3) is 0.323. The van der Waals surface area contributed by atoms with Gasteiger partial charge in [-0.05, 0) is 53.6 Å². The fourth-order valence-corrected chi connectivity index (χ4v) is 5.33. The largest absolute Gasteiger partial charge is 0.480 e. The first-order valence-corrected chi connectivity index (χ1v) is 13.8. The van der Waals surface area contributed by atoms with Crippen LogP contribution >= 0.6 is 12.6 Å². The molecule has 0 heterocycles. The third-order valence-corrected chi connectivity index (χ3v) is 7.79. The molecule has 4 rings (SSSR count). The highest BCUT2D eigenvalue weighted by molar-refractivity contribution is 7.81. The Hall–Kier alpha value is -3.79. The Morgan fingerprint density at radius 3 is 1.90 bits per heavy atom. The summed E-state index contributed by atoms with van der Waals surface area (Å²) in [6.07, 6.45) is -1.83. The molecule has 1 aliphatic rings. The van der Waals surface area contributed by atoms with E-state index in [1.807, 2.05) is 30.3 Å². The lowest BCUT2D eigenvalue weighted by atomic mass is 9.94. The molecule has 41 heavy (non-hydrogen) atoms. The van der Waals surface area contributed by atoms with Gasteiger partial charge in [-0.15, -0.1) is 0 Å². The molecule has 3 aromatic rings. The van der Waals surface area contributed by atoms with E-state index in [9.17, 15) is 32.7 Å². The van der Waals surface area contributed by atoms with Crippen LogP contribution < -0.4 is 10.6 Å². The third kappa shape index (κ3) is 7.70. The highest BCUT2D eigenvalue weighted by Gasteiger charge is 2.44. The number of rotatable bonds is 10. The second-order valence-electron chi connectivity index (χ2n) is 10.3. The van der Waals surface area contributed by atoms with Gasteiger partial charge in [0.1, 0.15) is 11.6 Å². The van der Waals surface area contributed by atoms with E-state index in [-0.39, 0.29) is 12.3 Å². The topological polar surface area (TPSA) is 95.5 Å². The Kier molecular flexibility index (Phi) is 9.42. The minimum absolute atomic E-state index is 0.0123. The van der Waals surface area contributed by atoms with Crippen molar-refractivity contribution >= 4 is 30.4 Å². The number of hydrogen-bond donors (Lipinski definition) is 4. The van der Waals surface area contributed by atoms with Gasteiger partial charge >= 0.3 is 12.1 Å². The molecule has 2 atom stereocenters. The average Bonchev–Trinajstić information content (AvgIpc) is 3.43. The van der Waals surface area contributed by atoms with Gasteiger partial charge in [0.05, 0.1) is 10.8 Å². The van der Waals surface area contributed by atoms with Crippen LogP contribution in [0, 0.1) is 0 Å². The molecule has 0 aliphatic heterocycles. The number of halogens is 3. The molecule has 0 spiro atoms. The molecular formula is C31H31F3N2O4S. The van der Waals surface area contributed by atoms with E-state index in [1.54, 1.807) is 24.3 Å². The van der Waals surface area contributed by atoms with Crippen LogP contribution in [0.5, 0.6) is 0 Å². The number of benzene rings is 3. The van der Waals surface area contributed by atoms with Crippen molar-refractivity contribution in [1.82, 2.24) is 10.6 Å². The van der Waals surface area contributed by atoms with Crippen LogP contribution in [0.25, 0.3) is 11.1 Å². The first-order valence-electron chi connectivity index (χ1n) is 13.3. The molecule has 2 amide bonds. The summed E-state index contributed by atoms with van der Waals surface area (Å²) in [5.41, 5.74) is 0.855. The predicted octanol–water partition coefficient (Wildman–Crippen LogP) is 5.45. The molecule has 2 unspecified atom stereocenters. The summed E-state index contributed by atoms with van der Waals surface area (Å²) < 4.78 is 38.6. The molecule has 3 aromatic carbocycles. The van der Waals surface area contributed by atoms with Crippen LogP contribution in [0.3, 0.4) is 0 Å². The Bertz CT molecular complexity index is 1360. The van der Waals surface area contributed by atoms with Crippen molar-refractivity contribution in [3.05, 3.63) is 95.6 Å². The van der Waals surface area contributed by atoms with Crippen molar-refractivity contribution in [2.24, 2.45) is 0 Å². The molecule has 1 fully saturated rings. The van der Waals surface area contributed by atoms with Crippen LogP contribution in [0.2, 0.25) is 0 Å². The summed E-state index contributed by atoms with van der Waals surface area (Å²) in [7, 11) is 0. The van der Waals surface area contributed by atoms with E-state index in [0.717, 1.165) is 17.7 Å². The minimum atomic E-state index is -4.42. The number of thiol groups is 1. The van der Waals surface area contributed by atoms with Gasteiger partial charge in [-0.2, -0.15) is 25.8 Å². The van der Waals surface area contributed by atoms with Gasteiger partial charge in [0.25, 0.3) is 0 Å². The number of carbonyl (C=O) groups is 3. The van der Waals surface area contributed by atoms with E-state index < -0.39 is 40.4 Å². The minimum Gasteiger partial charge on any atom is -0.480 e. The lowest BCUT2D eigenvalue weighted by molar-refractivity contribution is -0.143. The van der Waals surface area contributed by atoms with Crippen LogP contribution in [-0.2, 0) is 33.4 Å². The standard InChI is InChI=1S/C31H31F3N2O4S/c32-31(33,34)24-14-12-23(13-15-24)22-10-8-21(9-11-22)18-25(28(38)39)35-29(40)30(16-4-5-17-30)36-27(37)26(41)19-20-6-2-1-3-7-20/h1-3,6-15,25-26,41H,4-5,16-19H2,(H,35,40)(H,36,37)(H,38,39). The number of alkyl halides is 3. The molecule has 0 aromatic heterocycles. The normalized spacial score (nSPS) is 16.0. The molecule has 0 bridgehead atoms. The summed E-state index contributed by atoms with van der Waals surface area (Å²) in [4.78, 5) is 38.5. The van der Waals surface area contributed by atoms with Gasteiger partial charge in [-0.25, -0.2) is 4.79 Å². The molecule has 1 aliphatic carbocycles. The van der Waals surface area contributed by atoms with Gasteiger partial charge < -0.3 is 15.7 Å². The average molecular weight is 585 g/mol. The summed E-state index contributed by atoms with van der Waals surface area (Å²) in [5, 5.41) is 14.7. The number of nitrogens with one attached hydrogen (secondary N) is 2. The van der Waals surface area contributed by atoms with Crippen molar-refractivity contribution in [2.45, 2.75) is 61.5 Å². The number of amides is 2. The van der Waals surface area contributed by atoms with Crippen molar-refractivity contribution < 1.29 is 32.7 Å². The zero-order chi connectivity index (χ0) is 29.6. The highest BCUT2D eigenvalue weighted by Crippen LogP contribution is 2.32. The molecule has 10 heteroatoms. The number of hydrogen-bond acceptors (Lipinski definition) is 4. The van der Waals surface area contributed by atoms with E-state index in [4.69, 9.17) is 0 Å². The zero-order valence-electron chi connectivity index (χ0n) is 22.2. The Morgan fingerprint density at radius 1 is 0.829 bits per heavy atom. The summed E-state index contributed by atoms with van der Waals surface area (Å²) >= 11 is 4.45.